The molecule has 0 saturated carbocycles. The first kappa shape index (κ1) is 11.2. The van der Waals surface area contributed by atoms with Crippen molar-refractivity contribution in [1.82, 2.24) is 14.6 Å². The quantitative estimate of drug-likeness (QED) is 0.784. The maximum atomic E-state index is 12.0. The fourth-order valence-corrected chi connectivity index (χ4v) is 2.51. The van der Waals surface area contributed by atoms with Crippen LogP contribution in [0.3, 0.4) is 0 Å². The normalized spacial score (nSPS) is 10.7. The molecule has 3 heterocycles. The summed E-state index contributed by atoms with van der Waals surface area (Å²) in [4.78, 5) is 12.5. The van der Waals surface area contributed by atoms with E-state index in [1.807, 2.05) is 12.3 Å². The molecular weight excluding hydrogens is 272 g/mol. The van der Waals surface area contributed by atoms with Gasteiger partial charge in [0, 0.05) is 6.20 Å². The fraction of sp³-hybridized carbons (Fsp3) is 0. The molecule has 0 atom stereocenters. The highest BCUT2D eigenvalue weighted by Crippen LogP contribution is 2.23. The Balaban J connectivity index is 1.92. The Morgan fingerprint density at radius 1 is 1.39 bits per heavy atom. The van der Waals surface area contributed by atoms with E-state index in [2.05, 4.69) is 15.5 Å². The van der Waals surface area contributed by atoms with Crippen molar-refractivity contribution in [3.05, 3.63) is 46.0 Å². The third-order valence-corrected chi connectivity index (χ3v) is 3.60. The number of hydrogen-bond acceptors (Lipinski definition) is 4. The Labute approximate surface area is 111 Å². The maximum Gasteiger partial charge on any atom is 0.265 e. The number of amides is 1. The van der Waals surface area contributed by atoms with Crippen molar-refractivity contribution in [2.24, 2.45) is 0 Å². The molecule has 0 aromatic carbocycles. The van der Waals surface area contributed by atoms with E-state index in [4.69, 9.17) is 11.6 Å². The number of pyridine rings is 1. The SMILES string of the molecule is O=C(Nc1cccn2cnnc12)c1ccc(Cl)s1. The Morgan fingerprint density at radius 3 is 3.06 bits per heavy atom. The zero-order valence-electron chi connectivity index (χ0n) is 9.00. The van der Waals surface area contributed by atoms with E-state index in [9.17, 15) is 4.79 Å². The summed E-state index contributed by atoms with van der Waals surface area (Å²) in [6.07, 6.45) is 3.39. The van der Waals surface area contributed by atoms with E-state index in [1.54, 1.807) is 28.9 Å². The number of fused-ring (bicyclic) bond motifs is 1. The summed E-state index contributed by atoms with van der Waals surface area (Å²) < 4.78 is 2.32. The van der Waals surface area contributed by atoms with E-state index >= 15 is 0 Å². The van der Waals surface area contributed by atoms with Gasteiger partial charge < -0.3 is 5.32 Å². The minimum atomic E-state index is -0.206. The van der Waals surface area contributed by atoms with Crippen molar-refractivity contribution in [3.8, 4) is 0 Å². The van der Waals surface area contributed by atoms with Gasteiger partial charge in [0.15, 0.2) is 5.65 Å². The second-order valence-corrected chi connectivity index (χ2v) is 5.26. The number of carbonyl (C=O) groups excluding carboxylic acids is 1. The van der Waals surface area contributed by atoms with E-state index in [0.29, 0.717) is 20.5 Å². The van der Waals surface area contributed by atoms with Gasteiger partial charge in [0.25, 0.3) is 5.91 Å². The number of thiophene rings is 1. The van der Waals surface area contributed by atoms with Crippen LogP contribution in [0.2, 0.25) is 4.34 Å². The number of anilines is 1. The molecule has 90 valence electrons. The van der Waals surface area contributed by atoms with Crippen molar-refractivity contribution in [1.29, 1.82) is 0 Å². The zero-order valence-corrected chi connectivity index (χ0v) is 10.6. The lowest BCUT2D eigenvalue weighted by atomic mass is 10.3. The maximum absolute atomic E-state index is 12.0. The van der Waals surface area contributed by atoms with Gasteiger partial charge in [-0.1, -0.05) is 11.6 Å². The molecule has 0 aliphatic heterocycles. The molecule has 0 aliphatic carbocycles. The van der Waals surface area contributed by atoms with Crippen molar-refractivity contribution in [3.63, 3.8) is 0 Å². The molecule has 0 saturated heterocycles. The second kappa shape index (κ2) is 4.40. The molecule has 5 nitrogen and oxygen atoms in total. The summed E-state index contributed by atoms with van der Waals surface area (Å²) in [5.74, 6) is -0.206. The minimum Gasteiger partial charge on any atom is -0.318 e. The van der Waals surface area contributed by atoms with Crippen LogP contribution in [-0.4, -0.2) is 20.5 Å². The van der Waals surface area contributed by atoms with Crippen molar-refractivity contribution in [2.45, 2.75) is 0 Å². The molecule has 0 spiro atoms. The third-order valence-electron chi connectivity index (χ3n) is 2.37. The summed E-state index contributed by atoms with van der Waals surface area (Å²) in [5.41, 5.74) is 1.22. The molecular formula is C11H7ClN4OS. The number of aromatic nitrogens is 3. The number of carbonyl (C=O) groups is 1. The minimum absolute atomic E-state index is 0.206. The van der Waals surface area contributed by atoms with Crippen LogP contribution in [0.25, 0.3) is 5.65 Å². The monoisotopic (exact) mass is 278 g/mol. The molecule has 3 aromatic rings. The first-order chi connectivity index (χ1) is 8.74. The standard InChI is InChI=1S/C11H7ClN4OS/c12-9-4-3-8(18-9)11(17)14-7-2-1-5-16-6-13-15-10(7)16/h1-6H,(H,14,17). The zero-order chi connectivity index (χ0) is 12.5. The van der Waals surface area contributed by atoms with Crippen LogP contribution in [0.4, 0.5) is 5.69 Å². The van der Waals surface area contributed by atoms with E-state index in [0.717, 1.165) is 0 Å². The van der Waals surface area contributed by atoms with Crippen LogP contribution in [0.5, 0.6) is 0 Å². The van der Waals surface area contributed by atoms with Gasteiger partial charge in [-0.3, -0.25) is 9.20 Å². The molecule has 3 aromatic heterocycles. The van der Waals surface area contributed by atoms with E-state index < -0.39 is 0 Å². The van der Waals surface area contributed by atoms with Crippen LogP contribution in [-0.2, 0) is 0 Å². The summed E-state index contributed by atoms with van der Waals surface area (Å²) >= 11 is 7.03. The Bertz CT molecular complexity index is 720. The molecule has 0 fully saturated rings. The highest BCUT2D eigenvalue weighted by atomic mass is 35.5. The molecule has 7 heteroatoms. The number of rotatable bonds is 2. The summed E-state index contributed by atoms with van der Waals surface area (Å²) in [6, 6.07) is 6.97. The Hall–Kier alpha value is -1.92. The topological polar surface area (TPSA) is 59.3 Å². The molecule has 18 heavy (non-hydrogen) atoms. The van der Waals surface area contributed by atoms with Gasteiger partial charge in [-0.15, -0.1) is 21.5 Å². The van der Waals surface area contributed by atoms with Gasteiger partial charge in [0.05, 0.1) is 14.9 Å². The lowest BCUT2D eigenvalue weighted by Crippen LogP contribution is -2.11. The van der Waals surface area contributed by atoms with Crippen LogP contribution in [0, 0.1) is 0 Å². The van der Waals surface area contributed by atoms with E-state index in [1.165, 1.54) is 11.3 Å². The Morgan fingerprint density at radius 2 is 2.28 bits per heavy atom. The predicted octanol–water partition coefficient (Wildman–Crippen LogP) is 2.70. The summed E-state index contributed by atoms with van der Waals surface area (Å²) in [7, 11) is 0. The van der Waals surface area contributed by atoms with Crippen LogP contribution in [0.1, 0.15) is 9.67 Å². The third kappa shape index (κ3) is 1.96. The highest BCUT2D eigenvalue weighted by molar-refractivity contribution is 7.18. The number of nitrogens with one attached hydrogen (secondary N) is 1. The summed E-state index contributed by atoms with van der Waals surface area (Å²) in [5, 5.41) is 10.5. The average Bonchev–Trinajstić information content (AvgIpc) is 2.97. The molecule has 0 unspecified atom stereocenters. The number of hydrogen-bond donors (Lipinski definition) is 1. The van der Waals surface area contributed by atoms with Gasteiger partial charge in [0.1, 0.15) is 6.33 Å². The number of nitrogens with zero attached hydrogens (tertiary/aromatic N) is 3. The second-order valence-electron chi connectivity index (χ2n) is 3.54. The van der Waals surface area contributed by atoms with Gasteiger partial charge in [0.2, 0.25) is 0 Å². The van der Waals surface area contributed by atoms with Crippen molar-refractivity contribution >= 4 is 40.2 Å². The Kier molecular flexibility index (Phi) is 2.73. The first-order valence-corrected chi connectivity index (χ1v) is 6.28. The molecule has 0 aliphatic rings. The van der Waals surface area contributed by atoms with Crippen molar-refractivity contribution in [2.75, 3.05) is 5.32 Å². The first-order valence-electron chi connectivity index (χ1n) is 5.09. The largest absolute Gasteiger partial charge is 0.318 e. The average molecular weight is 279 g/mol. The predicted molar refractivity (Wildman–Crippen MR) is 70.3 cm³/mol. The molecule has 0 radical (unpaired) electrons. The highest BCUT2D eigenvalue weighted by Gasteiger charge is 2.11. The van der Waals surface area contributed by atoms with Crippen molar-refractivity contribution < 1.29 is 4.79 Å². The molecule has 1 N–H and O–H groups in total. The summed E-state index contributed by atoms with van der Waals surface area (Å²) in [6.45, 7) is 0. The van der Waals surface area contributed by atoms with Gasteiger partial charge >= 0.3 is 0 Å². The van der Waals surface area contributed by atoms with E-state index in [-0.39, 0.29) is 5.91 Å². The fourth-order valence-electron chi connectivity index (χ4n) is 1.57. The lowest BCUT2D eigenvalue weighted by Gasteiger charge is -2.04. The van der Waals surface area contributed by atoms with Gasteiger partial charge in [-0.05, 0) is 24.3 Å². The molecule has 1 amide bonds. The lowest BCUT2D eigenvalue weighted by molar-refractivity contribution is 0.103. The van der Waals surface area contributed by atoms with Crippen LogP contribution >= 0.6 is 22.9 Å². The van der Waals surface area contributed by atoms with Crippen LogP contribution in [0.15, 0.2) is 36.8 Å². The van der Waals surface area contributed by atoms with Crippen LogP contribution < -0.4 is 5.32 Å². The van der Waals surface area contributed by atoms with Gasteiger partial charge in [-0.25, -0.2) is 0 Å². The molecule has 0 bridgehead atoms. The van der Waals surface area contributed by atoms with Gasteiger partial charge in [-0.2, -0.15) is 0 Å². The molecule has 3 rings (SSSR count). The number of halogens is 1. The smallest absolute Gasteiger partial charge is 0.265 e.